The summed E-state index contributed by atoms with van der Waals surface area (Å²) in [6.45, 7) is 6.90. The smallest absolute Gasteiger partial charge is 0.238 e. The number of piperidine rings is 1. The summed E-state index contributed by atoms with van der Waals surface area (Å²) in [7, 11) is 0. The molecule has 1 amide bonds. The first-order valence-electron chi connectivity index (χ1n) is 7.30. The van der Waals surface area contributed by atoms with E-state index < -0.39 is 5.54 Å². The number of nitrogens with zero attached hydrogens (tertiary/aromatic N) is 1. The van der Waals surface area contributed by atoms with Gasteiger partial charge in [-0.15, -0.1) is 6.42 Å². The number of hydrogen-bond acceptors (Lipinski definition) is 3. The van der Waals surface area contributed by atoms with E-state index in [0.717, 1.165) is 45.3 Å². The molecule has 2 N–H and O–H groups in total. The second-order valence-corrected chi connectivity index (χ2v) is 6.14. The highest BCUT2D eigenvalue weighted by atomic mass is 16.2. The Hall–Kier alpha value is -1.05. The summed E-state index contributed by atoms with van der Waals surface area (Å²) < 4.78 is 0. The second-order valence-electron chi connectivity index (χ2n) is 6.14. The highest BCUT2D eigenvalue weighted by molar-refractivity contribution is 5.83. The van der Waals surface area contributed by atoms with Crippen LogP contribution in [0.5, 0.6) is 0 Å². The average molecular weight is 263 g/mol. The molecular formula is C15H25N3O. The Balaban J connectivity index is 1.98. The molecule has 0 spiro atoms. The number of nitrogens with one attached hydrogen (secondary N) is 2. The van der Waals surface area contributed by atoms with E-state index in [1.54, 1.807) is 0 Å². The van der Waals surface area contributed by atoms with E-state index in [9.17, 15) is 4.79 Å². The van der Waals surface area contributed by atoms with Crippen LogP contribution >= 0.6 is 0 Å². The summed E-state index contributed by atoms with van der Waals surface area (Å²) in [6, 6.07) is 0.559. The number of amides is 1. The van der Waals surface area contributed by atoms with E-state index in [0.29, 0.717) is 6.04 Å². The fourth-order valence-electron chi connectivity index (χ4n) is 3.07. The first kappa shape index (κ1) is 14.4. The molecule has 2 saturated heterocycles. The van der Waals surface area contributed by atoms with E-state index >= 15 is 0 Å². The Morgan fingerprint density at radius 2 is 2.05 bits per heavy atom. The number of likely N-dealkylation sites (tertiary alicyclic amines) is 1. The number of hydrogen-bond donors (Lipinski definition) is 2. The third-order valence-electron chi connectivity index (χ3n) is 4.17. The zero-order valence-electron chi connectivity index (χ0n) is 12.0. The van der Waals surface area contributed by atoms with Gasteiger partial charge >= 0.3 is 0 Å². The minimum atomic E-state index is -0.556. The van der Waals surface area contributed by atoms with Gasteiger partial charge in [-0.05, 0) is 59.2 Å². The van der Waals surface area contributed by atoms with Crippen LogP contribution in [-0.2, 0) is 4.79 Å². The zero-order valence-corrected chi connectivity index (χ0v) is 12.0. The highest BCUT2D eigenvalue weighted by Crippen LogP contribution is 2.24. The monoisotopic (exact) mass is 263 g/mol. The van der Waals surface area contributed by atoms with Gasteiger partial charge in [0.05, 0.1) is 11.6 Å². The van der Waals surface area contributed by atoms with Gasteiger partial charge in [0.15, 0.2) is 0 Å². The van der Waals surface area contributed by atoms with Gasteiger partial charge in [-0.2, -0.15) is 0 Å². The molecule has 1 atom stereocenters. The van der Waals surface area contributed by atoms with Crippen molar-refractivity contribution >= 4 is 5.91 Å². The van der Waals surface area contributed by atoms with Gasteiger partial charge in [0.1, 0.15) is 0 Å². The summed E-state index contributed by atoms with van der Waals surface area (Å²) in [5.74, 6) is 2.73. The SMILES string of the molecule is C#CC(C)(C)NC(=O)C1CCCN1C1CCNCC1. The predicted molar refractivity (Wildman–Crippen MR) is 76.7 cm³/mol. The van der Waals surface area contributed by atoms with Gasteiger partial charge in [-0.25, -0.2) is 0 Å². The van der Waals surface area contributed by atoms with E-state index in [1.165, 1.54) is 0 Å². The average Bonchev–Trinajstić information content (AvgIpc) is 2.88. The third-order valence-corrected chi connectivity index (χ3v) is 4.17. The molecule has 19 heavy (non-hydrogen) atoms. The molecule has 0 aromatic rings. The maximum Gasteiger partial charge on any atom is 0.238 e. The molecule has 2 heterocycles. The van der Waals surface area contributed by atoms with Crippen LogP contribution in [0, 0.1) is 12.3 Å². The molecule has 2 fully saturated rings. The molecule has 2 aliphatic rings. The summed E-state index contributed by atoms with van der Waals surface area (Å²) in [5, 5.41) is 6.36. The van der Waals surface area contributed by atoms with Crippen molar-refractivity contribution in [1.82, 2.24) is 15.5 Å². The van der Waals surface area contributed by atoms with Gasteiger partial charge in [0, 0.05) is 6.04 Å². The summed E-state index contributed by atoms with van der Waals surface area (Å²) in [4.78, 5) is 14.8. The van der Waals surface area contributed by atoms with Crippen LogP contribution < -0.4 is 10.6 Å². The first-order chi connectivity index (χ1) is 9.03. The normalized spacial score (nSPS) is 26.1. The van der Waals surface area contributed by atoms with Gasteiger partial charge in [-0.1, -0.05) is 5.92 Å². The maximum absolute atomic E-state index is 12.4. The maximum atomic E-state index is 12.4. The fraction of sp³-hybridized carbons (Fsp3) is 0.800. The highest BCUT2D eigenvalue weighted by Gasteiger charge is 2.36. The molecule has 4 heteroatoms. The fourth-order valence-corrected chi connectivity index (χ4v) is 3.07. The van der Waals surface area contributed by atoms with Crippen LogP contribution in [0.25, 0.3) is 0 Å². The second kappa shape index (κ2) is 5.94. The molecule has 106 valence electrons. The number of rotatable bonds is 3. The van der Waals surface area contributed by atoms with Crippen molar-refractivity contribution in [2.75, 3.05) is 19.6 Å². The Morgan fingerprint density at radius 3 is 2.68 bits per heavy atom. The van der Waals surface area contributed by atoms with Crippen LogP contribution in [0.4, 0.5) is 0 Å². The minimum Gasteiger partial charge on any atom is -0.339 e. The molecule has 2 rings (SSSR count). The zero-order chi connectivity index (χ0) is 13.9. The molecule has 2 aliphatic heterocycles. The molecule has 0 aliphatic carbocycles. The van der Waals surface area contributed by atoms with E-state index in [-0.39, 0.29) is 11.9 Å². The number of terminal acetylenes is 1. The quantitative estimate of drug-likeness (QED) is 0.738. The van der Waals surface area contributed by atoms with Crippen molar-refractivity contribution in [2.24, 2.45) is 0 Å². The topological polar surface area (TPSA) is 44.4 Å². The standard InChI is InChI=1S/C15H25N3O/c1-4-15(2,3)17-14(19)13-6-5-11-18(13)12-7-9-16-10-8-12/h1,12-13,16H,5-11H2,2-3H3,(H,17,19). The lowest BCUT2D eigenvalue weighted by Gasteiger charge is -2.36. The van der Waals surface area contributed by atoms with Crippen molar-refractivity contribution in [3.05, 3.63) is 0 Å². The lowest BCUT2D eigenvalue weighted by atomic mass is 10.0. The summed E-state index contributed by atoms with van der Waals surface area (Å²) in [6.07, 6.45) is 9.79. The molecule has 4 nitrogen and oxygen atoms in total. The Kier molecular flexibility index (Phi) is 4.49. The summed E-state index contributed by atoms with van der Waals surface area (Å²) >= 11 is 0. The molecule has 0 aromatic carbocycles. The van der Waals surface area contributed by atoms with E-state index in [1.807, 2.05) is 13.8 Å². The van der Waals surface area contributed by atoms with Crippen molar-refractivity contribution in [2.45, 2.75) is 57.2 Å². The Labute approximate surface area is 116 Å². The van der Waals surface area contributed by atoms with Crippen molar-refractivity contribution in [1.29, 1.82) is 0 Å². The van der Waals surface area contributed by atoms with E-state index in [2.05, 4.69) is 21.5 Å². The predicted octanol–water partition coefficient (Wildman–Crippen LogP) is 0.731. The van der Waals surface area contributed by atoms with Crippen LogP contribution in [0.3, 0.4) is 0 Å². The van der Waals surface area contributed by atoms with Crippen LogP contribution in [-0.4, -0.2) is 48.1 Å². The van der Waals surface area contributed by atoms with Crippen LogP contribution in [0.1, 0.15) is 39.5 Å². The molecule has 1 unspecified atom stereocenters. The number of carbonyl (C=O) groups is 1. The van der Waals surface area contributed by atoms with Crippen LogP contribution in [0.15, 0.2) is 0 Å². The molecular weight excluding hydrogens is 238 g/mol. The molecule has 0 radical (unpaired) electrons. The lowest BCUT2D eigenvalue weighted by molar-refractivity contribution is -0.127. The molecule has 0 aromatic heterocycles. The third kappa shape index (κ3) is 3.49. The van der Waals surface area contributed by atoms with Crippen molar-refractivity contribution in [3.8, 4) is 12.3 Å². The Morgan fingerprint density at radius 1 is 1.37 bits per heavy atom. The van der Waals surface area contributed by atoms with Crippen LogP contribution in [0.2, 0.25) is 0 Å². The Bertz CT molecular complexity index is 366. The van der Waals surface area contributed by atoms with Gasteiger partial charge in [0.25, 0.3) is 0 Å². The van der Waals surface area contributed by atoms with Gasteiger partial charge in [0.2, 0.25) is 5.91 Å². The minimum absolute atomic E-state index is 0.00993. The van der Waals surface area contributed by atoms with Crippen molar-refractivity contribution in [3.63, 3.8) is 0 Å². The molecule has 0 bridgehead atoms. The van der Waals surface area contributed by atoms with E-state index in [4.69, 9.17) is 6.42 Å². The number of carbonyl (C=O) groups excluding carboxylic acids is 1. The molecule has 0 saturated carbocycles. The lowest BCUT2D eigenvalue weighted by Crippen LogP contribution is -2.54. The largest absolute Gasteiger partial charge is 0.339 e. The van der Waals surface area contributed by atoms with Crippen molar-refractivity contribution < 1.29 is 4.79 Å². The first-order valence-corrected chi connectivity index (χ1v) is 7.30. The van der Waals surface area contributed by atoms with Gasteiger partial charge < -0.3 is 10.6 Å². The van der Waals surface area contributed by atoms with Gasteiger partial charge in [-0.3, -0.25) is 9.69 Å². The summed E-state index contributed by atoms with van der Waals surface area (Å²) in [5.41, 5.74) is -0.556.